The maximum atomic E-state index is 12.2. The third-order valence-corrected chi connectivity index (χ3v) is 3.90. The van der Waals surface area contributed by atoms with Crippen molar-refractivity contribution in [1.29, 1.82) is 0 Å². The van der Waals surface area contributed by atoms with Gasteiger partial charge in [-0.15, -0.1) is 0 Å². The second-order valence-electron chi connectivity index (χ2n) is 5.47. The molecule has 0 bridgehead atoms. The van der Waals surface area contributed by atoms with E-state index in [1.807, 2.05) is 0 Å². The van der Waals surface area contributed by atoms with Gasteiger partial charge in [0, 0.05) is 0 Å². The summed E-state index contributed by atoms with van der Waals surface area (Å²) >= 11 is 0. The van der Waals surface area contributed by atoms with Gasteiger partial charge in [-0.05, 0) is 27.2 Å². The van der Waals surface area contributed by atoms with E-state index in [4.69, 9.17) is 9.26 Å². The molecule has 2 heterocycles. The molecule has 0 radical (unpaired) electrons. The molecule has 0 aromatic carbocycles. The highest BCUT2D eigenvalue weighted by Gasteiger charge is 2.47. The van der Waals surface area contributed by atoms with Gasteiger partial charge in [0.1, 0.15) is 24.5 Å². The summed E-state index contributed by atoms with van der Waals surface area (Å²) in [4.78, 5) is 36.7. The first-order chi connectivity index (χ1) is 10.3. The molecule has 0 aliphatic carbocycles. The molecule has 1 saturated heterocycles. The highest BCUT2D eigenvalue weighted by Crippen LogP contribution is 2.20. The summed E-state index contributed by atoms with van der Waals surface area (Å²) in [5.74, 6) is -0.517. The molecule has 0 spiro atoms. The summed E-state index contributed by atoms with van der Waals surface area (Å²) in [5.41, 5.74) is 0.363. The number of ether oxygens (including phenoxy) is 1. The molecule has 1 fully saturated rings. The summed E-state index contributed by atoms with van der Waals surface area (Å²) in [6.07, 6.45) is 0.447. The summed E-state index contributed by atoms with van der Waals surface area (Å²) in [6.45, 7) is 6.45. The lowest BCUT2D eigenvalue weighted by Gasteiger charge is -2.18. The van der Waals surface area contributed by atoms with E-state index in [9.17, 15) is 14.4 Å². The van der Waals surface area contributed by atoms with E-state index < -0.39 is 30.0 Å². The van der Waals surface area contributed by atoms with E-state index in [0.717, 1.165) is 4.90 Å². The molecule has 0 saturated carbocycles. The Balaban J connectivity index is 1.95. The fourth-order valence-electron chi connectivity index (χ4n) is 2.17. The van der Waals surface area contributed by atoms with Gasteiger partial charge in [-0.1, -0.05) is 12.1 Å². The number of aromatic nitrogens is 1. The molecule has 1 aliphatic rings. The number of hydrogen-bond donors (Lipinski definition) is 1. The summed E-state index contributed by atoms with van der Waals surface area (Å²) < 4.78 is 10.1. The number of urea groups is 1. The molecule has 22 heavy (non-hydrogen) atoms. The number of carbonyl (C=O) groups is 3. The fourth-order valence-corrected chi connectivity index (χ4v) is 2.17. The molecule has 2 rings (SSSR count). The van der Waals surface area contributed by atoms with Crippen molar-refractivity contribution < 1.29 is 23.6 Å². The molecule has 8 heteroatoms. The van der Waals surface area contributed by atoms with Gasteiger partial charge in [-0.2, -0.15) is 0 Å². The lowest BCUT2D eigenvalue weighted by atomic mass is 9.99. The first-order valence-corrected chi connectivity index (χ1v) is 7.00. The van der Waals surface area contributed by atoms with Gasteiger partial charge < -0.3 is 14.6 Å². The lowest BCUT2D eigenvalue weighted by molar-refractivity contribution is -0.148. The minimum absolute atomic E-state index is 0.00526. The summed E-state index contributed by atoms with van der Waals surface area (Å²) in [7, 11) is 0. The molecule has 1 aliphatic heterocycles. The van der Waals surface area contributed by atoms with Gasteiger partial charge in [0.2, 0.25) is 0 Å². The fraction of sp³-hybridized carbons (Fsp3) is 0.571. The zero-order valence-corrected chi connectivity index (χ0v) is 13.1. The number of imide groups is 1. The first-order valence-electron chi connectivity index (χ1n) is 7.00. The van der Waals surface area contributed by atoms with Crippen LogP contribution in [0.3, 0.4) is 0 Å². The Morgan fingerprint density at radius 3 is 2.59 bits per heavy atom. The number of carbonyl (C=O) groups excluding carboxylic acids is 3. The maximum Gasteiger partial charge on any atom is 0.326 e. The van der Waals surface area contributed by atoms with Crippen molar-refractivity contribution in [2.24, 2.45) is 0 Å². The van der Waals surface area contributed by atoms with Crippen molar-refractivity contribution in [3.63, 3.8) is 0 Å². The van der Waals surface area contributed by atoms with Crippen LogP contribution >= 0.6 is 0 Å². The normalized spacial score (nSPS) is 21.2. The predicted molar refractivity (Wildman–Crippen MR) is 74.7 cm³/mol. The van der Waals surface area contributed by atoms with E-state index in [1.165, 1.54) is 0 Å². The molecule has 1 unspecified atom stereocenters. The van der Waals surface area contributed by atoms with Crippen LogP contribution in [0.2, 0.25) is 0 Å². The third-order valence-electron chi connectivity index (χ3n) is 3.90. The quantitative estimate of drug-likeness (QED) is 0.644. The van der Waals surface area contributed by atoms with Gasteiger partial charge in [-0.25, -0.2) is 4.79 Å². The Bertz CT molecular complexity index is 604. The molecule has 3 amide bonds. The van der Waals surface area contributed by atoms with Crippen LogP contribution < -0.4 is 5.32 Å². The number of amides is 3. The smallest absolute Gasteiger partial charge is 0.326 e. The van der Waals surface area contributed by atoms with Crippen molar-refractivity contribution in [2.75, 3.05) is 6.54 Å². The monoisotopic (exact) mass is 309 g/mol. The van der Waals surface area contributed by atoms with Crippen LogP contribution in [0.15, 0.2) is 4.52 Å². The van der Waals surface area contributed by atoms with E-state index in [1.54, 1.807) is 27.7 Å². The zero-order valence-electron chi connectivity index (χ0n) is 13.1. The van der Waals surface area contributed by atoms with Crippen LogP contribution in [0, 0.1) is 13.8 Å². The number of hydrogen-bond acceptors (Lipinski definition) is 6. The average molecular weight is 309 g/mol. The lowest BCUT2D eigenvalue weighted by Crippen LogP contribution is -2.43. The van der Waals surface area contributed by atoms with Crippen molar-refractivity contribution in [3.8, 4) is 0 Å². The van der Waals surface area contributed by atoms with Gasteiger partial charge in [0.15, 0.2) is 0 Å². The molecule has 1 aromatic heterocycles. The van der Waals surface area contributed by atoms with E-state index in [-0.39, 0.29) is 6.61 Å². The SMILES string of the molecule is CCC1(C)NC(=O)N(CC(=O)OCc2c(C)noc2C)C1=O. The average Bonchev–Trinajstić information content (AvgIpc) is 2.90. The second-order valence-corrected chi connectivity index (χ2v) is 5.47. The van der Waals surface area contributed by atoms with Gasteiger partial charge in [0.05, 0.1) is 11.3 Å². The zero-order chi connectivity index (χ0) is 16.5. The third kappa shape index (κ3) is 2.81. The molecular formula is C14H19N3O5. The largest absolute Gasteiger partial charge is 0.459 e. The maximum absolute atomic E-state index is 12.2. The Labute approximate surface area is 127 Å². The minimum atomic E-state index is -0.959. The molecule has 1 atom stereocenters. The molecule has 1 N–H and O–H groups in total. The number of nitrogens with zero attached hydrogens (tertiary/aromatic N) is 2. The Morgan fingerprint density at radius 1 is 1.41 bits per heavy atom. The van der Waals surface area contributed by atoms with Crippen LogP contribution in [-0.4, -0.2) is 40.0 Å². The Kier molecular flexibility index (Phi) is 4.20. The number of aryl methyl sites for hydroxylation is 2. The van der Waals surface area contributed by atoms with Crippen LogP contribution in [0.4, 0.5) is 4.79 Å². The summed E-state index contributed by atoms with van der Waals surface area (Å²) in [6, 6.07) is -0.580. The van der Waals surface area contributed by atoms with Crippen LogP contribution in [0.1, 0.15) is 37.3 Å². The van der Waals surface area contributed by atoms with E-state index in [2.05, 4.69) is 10.5 Å². The molecule has 8 nitrogen and oxygen atoms in total. The number of esters is 1. The van der Waals surface area contributed by atoms with Crippen molar-refractivity contribution in [3.05, 3.63) is 17.0 Å². The van der Waals surface area contributed by atoms with Gasteiger partial charge >= 0.3 is 12.0 Å². The number of nitrogens with one attached hydrogen (secondary N) is 1. The Hall–Kier alpha value is -2.38. The standard InChI is InChI=1S/C14H19N3O5/c1-5-14(4)12(19)17(13(20)15-14)6-11(18)21-7-10-8(2)16-22-9(10)3/h5-7H2,1-4H3,(H,15,20). The van der Waals surface area contributed by atoms with Crippen LogP contribution in [-0.2, 0) is 20.9 Å². The van der Waals surface area contributed by atoms with Crippen molar-refractivity contribution in [2.45, 2.75) is 46.3 Å². The van der Waals surface area contributed by atoms with E-state index in [0.29, 0.717) is 23.4 Å². The highest BCUT2D eigenvalue weighted by molar-refractivity contribution is 6.08. The molecule has 1 aromatic rings. The van der Waals surface area contributed by atoms with Gasteiger partial charge in [-0.3, -0.25) is 14.5 Å². The predicted octanol–water partition coefficient (Wildman–Crippen LogP) is 1.06. The van der Waals surface area contributed by atoms with Crippen LogP contribution in [0.5, 0.6) is 0 Å². The molecular weight excluding hydrogens is 290 g/mol. The van der Waals surface area contributed by atoms with Crippen LogP contribution in [0.25, 0.3) is 0 Å². The van der Waals surface area contributed by atoms with Gasteiger partial charge in [0.25, 0.3) is 5.91 Å². The summed E-state index contributed by atoms with van der Waals surface area (Å²) in [5, 5.41) is 6.33. The Morgan fingerprint density at radius 2 is 2.09 bits per heavy atom. The van der Waals surface area contributed by atoms with Crippen molar-refractivity contribution >= 4 is 17.9 Å². The second kappa shape index (κ2) is 5.78. The topological polar surface area (TPSA) is 102 Å². The highest BCUT2D eigenvalue weighted by atomic mass is 16.5. The first kappa shape index (κ1) is 16.0. The number of rotatable bonds is 5. The minimum Gasteiger partial charge on any atom is -0.459 e. The van der Waals surface area contributed by atoms with E-state index >= 15 is 0 Å². The van der Waals surface area contributed by atoms with Crippen molar-refractivity contribution in [1.82, 2.24) is 15.4 Å². The molecule has 120 valence electrons.